The molecule has 1 heterocycles. The van der Waals surface area contributed by atoms with Crippen LogP contribution in [0.2, 0.25) is 0 Å². The summed E-state index contributed by atoms with van der Waals surface area (Å²) < 4.78 is 0.907. The van der Waals surface area contributed by atoms with Gasteiger partial charge in [-0.2, -0.15) is 0 Å². The molecule has 1 unspecified atom stereocenters. The lowest BCUT2D eigenvalue weighted by molar-refractivity contribution is -0.768. The number of hydrogen-bond acceptors (Lipinski definition) is 3. The number of nitrogens with one attached hydrogen (secondary N) is 1. The van der Waals surface area contributed by atoms with Crippen molar-refractivity contribution in [2.45, 2.75) is 0 Å². The highest BCUT2D eigenvalue weighted by atomic mass is 79.9. The van der Waals surface area contributed by atoms with Gasteiger partial charge in [0.15, 0.2) is 12.4 Å². The molecule has 64 valence electrons. The van der Waals surface area contributed by atoms with Gasteiger partial charge >= 0.3 is 0 Å². The molecule has 1 aromatic carbocycles. The zero-order valence-electron chi connectivity index (χ0n) is 6.25. The minimum absolute atomic E-state index is 0.0776. The first kappa shape index (κ1) is 8.00. The average Bonchev–Trinajstić information content (AvgIpc) is 2.28. The number of benzene rings is 1. The molecule has 0 aromatic heterocycles. The summed E-state index contributed by atoms with van der Waals surface area (Å²) in [7, 11) is 0. The standard InChI is InChI=1S/C7H8BrN3O/c8-5-1-2-6-7(3-5)11(12)4-10(6)9/h1-3,11H,4,9H2. The Morgan fingerprint density at radius 2 is 2.33 bits per heavy atom. The average molecular weight is 230 g/mol. The van der Waals surface area contributed by atoms with E-state index in [2.05, 4.69) is 15.9 Å². The molecule has 1 aromatic rings. The van der Waals surface area contributed by atoms with E-state index in [0.29, 0.717) is 5.69 Å². The minimum atomic E-state index is 0.0776. The number of rotatable bonds is 0. The van der Waals surface area contributed by atoms with Crippen molar-refractivity contribution in [2.24, 2.45) is 5.84 Å². The number of nitrogens with zero attached hydrogens (tertiary/aromatic N) is 1. The minimum Gasteiger partial charge on any atom is -0.627 e. The van der Waals surface area contributed by atoms with Gasteiger partial charge in [0, 0.05) is 10.5 Å². The van der Waals surface area contributed by atoms with Crippen LogP contribution in [0.4, 0.5) is 11.4 Å². The van der Waals surface area contributed by atoms with E-state index < -0.39 is 0 Å². The molecule has 0 amide bonds. The Hall–Kier alpha value is -0.620. The molecular weight excluding hydrogens is 222 g/mol. The van der Waals surface area contributed by atoms with E-state index in [1.807, 2.05) is 12.1 Å². The third kappa shape index (κ3) is 1.11. The van der Waals surface area contributed by atoms with Gasteiger partial charge in [-0.3, -0.25) is 5.01 Å². The molecule has 1 aliphatic rings. The van der Waals surface area contributed by atoms with Crippen LogP contribution in [-0.4, -0.2) is 6.67 Å². The summed E-state index contributed by atoms with van der Waals surface area (Å²) >= 11 is 3.30. The Labute approximate surface area is 78.2 Å². The monoisotopic (exact) mass is 229 g/mol. The van der Waals surface area contributed by atoms with Crippen molar-refractivity contribution in [3.63, 3.8) is 0 Å². The van der Waals surface area contributed by atoms with Gasteiger partial charge in [-0.25, -0.2) is 5.84 Å². The molecule has 1 aliphatic heterocycles. The number of hydrogen-bond donors (Lipinski definition) is 2. The van der Waals surface area contributed by atoms with Gasteiger partial charge < -0.3 is 10.3 Å². The smallest absolute Gasteiger partial charge is 0.171 e. The highest BCUT2D eigenvalue weighted by molar-refractivity contribution is 9.10. The van der Waals surface area contributed by atoms with E-state index in [-0.39, 0.29) is 11.7 Å². The molecule has 0 fully saturated rings. The van der Waals surface area contributed by atoms with Crippen molar-refractivity contribution in [3.05, 3.63) is 27.9 Å². The van der Waals surface area contributed by atoms with E-state index >= 15 is 0 Å². The molecule has 2 rings (SSSR count). The quantitative estimate of drug-likeness (QED) is 0.491. The van der Waals surface area contributed by atoms with Gasteiger partial charge in [-0.1, -0.05) is 15.9 Å². The Morgan fingerprint density at radius 3 is 3.08 bits per heavy atom. The van der Waals surface area contributed by atoms with Crippen LogP contribution in [0.25, 0.3) is 0 Å². The van der Waals surface area contributed by atoms with E-state index in [0.717, 1.165) is 10.2 Å². The lowest BCUT2D eigenvalue weighted by atomic mass is 10.3. The Morgan fingerprint density at radius 1 is 1.58 bits per heavy atom. The summed E-state index contributed by atoms with van der Waals surface area (Å²) in [6.45, 7) is 0.284. The van der Waals surface area contributed by atoms with Gasteiger partial charge in [0.05, 0.1) is 0 Å². The molecule has 0 spiro atoms. The summed E-state index contributed by atoms with van der Waals surface area (Å²) in [5.74, 6) is 5.58. The normalized spacial score (nSPS) is 21.2. The highest BCUT2D eigenvalue weighted by Gasteiger charge is 2.23. The number of nitrogens with two attached hydrogens (primary N) is 1. The van der Waals surface area contributed by atoms with Crippen LogP contribution in [0, 0.1) is 5.21 Å². The number of fused-ring (bicyclic) bond motifs is 1. The van der Waals surface area contributed by atoms with Crippen molar-refractivity contribution < 1.29 is 5.06 Å². The number of halogens is 1. The van der Waals surface area contributed by atoms with Crippen molar-refractivity contribution in [3.8, 4) is 0 Å². The first-order valence-electron chi connectivity index (χ1n) is 3.53. The largest absolute Gasteiger partial charge is 0.627 e. The van der Waals surface area contributed by atoms with Crippen molar-refractivity contribution in [1.29, 1.82) is 0 Å². The Balaban J connectivity index is 2.53. The van der Waals surface area contributed by atoms with Gasteiger partial charge in [-0.15, -0.1) is 0 Å². The van der Waals surface area contributed by atoms with E-state index in [9.17, 15) is 5.21 Å². The third-order valence-electron chi connectivity index (χ3n) is 1.88. The molecule has 0 bridgehead atoms. The number of hydrazine groups is 1. The summed E-state index contributed by atoms with van der Waals surface area (Å²) in [5, 5.41) is 12.8. The summed E-state index contributed by atoms with van der Waals surface area (Å²) in [4.78, 5) is 0. The highest BCUT2D eigenvalue weighted by Crippen LogP contribution is 2.27. The fraction of sp³-hybridized carbons (Fsp3) is 0.143. The van der Waals surface area contributed by atoms with Gasteiger partial charge in [0.1, 0.15) is 5.69 Å². The molecule has 3 N–H and O–H groups in total. The van der Waals surface area contributed by atoms with E-state index in [4.69, 9.17) is 5.84 Å². The van der Waals surface area contributed by atoms with E-state index in [1.165, 1.54) is 5.01 Å². The Bertz CT molecular complexity index is 318. The topological polar surface area (TPSA) is 56.8 Å². The van der Waals surface area contributed by atoms with Crippen LogP contribution in [-0.2, 0) is 0 Å². The zero-order valence-corrected chi connectivity index (χ0v) is 7.84. The van der Waals surface area contributed by atoms with Crippen LogP contribution >= 0.6 is 15.9 Å². The maximum atomic E-state index is 11.3. The van der Waals surface area contributed by atoms with Crippen molar-refractivity contribution in [2.75, 3.05) is 11.7 Å². The number of quaternary nitrogens is 1. The summed E-state index contributed by atoms with van der Waals surface area (Å²) in [6, 6.07) is 5.51. The summed E-state index contributed by atoms with van der Waals surface area (Å²) in [5.41, 5.74) is 1.51. The van der Waals surface area contributed by atoms with Gasteiger partial charge in [-0.05, 0) is 12.1 Å². The van der Waals surface area contributed by atoms with Gasteiger partial charge in [0.25, 0.3) is 0 Å². The first-order valence-corrected chi connectivity index (χ1v) is 4.33. The molecule has 0 saturated carbocycles. The second kappa shape index (κ2) is 2.70. The number of anilines is 1. The molecule has 0 saturated heterocycles. The SMILES string of the molecule is NN1C[NH+]([O-])c2cc(Br)ccc21. The van der Waals surface area contributed by atoms with Crippen LogP contribution in [0.5, 0.6) is 0 Å². The molecule has 4 nitrogen and oxygen atoms in total. The third-order valence-corrected chi connectivity index (χ3v) is 2.38. The molecule has 0 aliphatic carbocycles. The maximum Gasteiger partial charge on any atom is 0.171 e. The summed E-state index contributed by atoms with van der Waals surface area (Å²) in [6.07, 6.45) is 0. The second-order valence-electron chi connectivity index (χ2n) is 2.71. The molecular formula is C7H8BrN3O. The second-order valence-corrected chi connectivity index (χ2v) is 3.63. The van der Waals surface area contributed by atoms with Crippen LogP contribution in [0.1, 0.15) is 0 Å². The lowest BCUT2D eigenvalue weighted by Crippen LogP contribution is -3.02. The Kier molecular flexibility index (Phi) is 1.80. The van der Waals surface area contributed by atoms with Crippen molar-refractivity contribution >= 4 is 27.3 Å². The lowest BCUT2D eigenvalue weighted by Gasteiger charge is -2.14. The molecule has 1 atom stereocenters. The first-order chi connectivity index (χ1) is 5.68. The fourth-order valence-corrected chi connectivity index (χ4v) is 1.67. The zero-order chi connectivity index (χ0) is 8.72. The van der Waals surface area contributed by atoms with Crippen LogP contribution < -0.4 is 15.9 Å². The van der Waals surface area contributed by atoms with Crippen LogP contribution in [0.15, 0.2) is 22.7 Å². The predicted octanol–water partition coefficient (Wildman–Crippen LogP) is 0.115. The van der Waals surface area contributed by atoms with Gasteiger partial charge in [0.2, 0.25) is 0 Å². The number of hydroxylamine groups is 1. The van der Waals surface area contributed by atoms with Crippen molar-refractivity contribution in [1.82, 2.24) is 0 Å². The fourth-order valence-electron chi connectivity index (χ4n) is 1.31. The maximum absolute atomic E-state index is 11.3. The predicted molar refractivity (Wildman–Crippen MR) is 49.7 cm³/mol. The molecule has 5 heteroatoms. The molecule has 0 radical (unpaired) electrons. The van der Waals surface area contributed by atoms with E-state index in [1.54, 1.807) is 6.07 Å². The van der Waals surface area contributed by atoms with Crippen LogP contribution in [0.3, 0.4) is 0 Å². The molecule has 12 heavy (non-hydrogen) atoms.